The SMILES string of the molecule is CC[C@H](N)[C@@H](N)c1ccc(Br)o1. The molecule has 0 amide bonds. The molecule has 2 atom stereocenters. The van der Waals surface area contributed by atoms with E-state index in [1.807, 2.05) is 19.1 Å². The molecule has 3 nitrogen and oxygen atoms in total. The van der Waals surface area contributed by atoms with Crippen LogP contribution in [0.2, 0.25) is 0 Å². The molecule has 68 valence electrons. The minimum absolute atomic E-state index is 0.0388. The van der Waals surface area contributed by atoms with Gasteiger partial charge in [-0.25, -0.2) is 0 Å². The van der Waals surface area contributed by atoms with Gasteiger partial charge in [0.25, 0.3) is 0 Å². The maximum Gasteiger partial charge on any atom is 0.169 e. The highest BCUT2D eigenvalue weighted by atomic mass is 79.9. The highest BCUT2D eigenvalue weighted by molar-refractivity contribution is 9.10. The molecule has 1 aromatic heterocycles. The van der Waals surface area contributed by atoms with E-state index in [4.69, 9.17) is 15.9 Å². The summed E-state index contributed by atoms with van der Waals surface area (Å²) in [5.74, 6) is 0.733. The highest BCUT2D eigenvalue weighted by Crippen LogP contribution is 2.21. The Kier molecular flexibility index (Phi) is 3.31. The summed E-state index contributed by atoms with van der Waals surface area (Å²) < 4.78 is 5.97. The first kappa shape index (κ1) is 9.77. The van der Waals surface area contributed by atoms with Crippen LogP contribution in [0, 0.1) is 0 Å². The van der Waals surface area contributed by atoms with Crippen molar-refractivity contribution >= 4 is 15.9 Å². The summed E-state index contributed by atoms with van der Waals surface area (Å²) in [5.41, 5.74) is 11.6. The van der Waals surface area contributed by atoms with E-state index in [0.717, 1.165) is 12.2 Å². The quantitative estimate of drug-likeness (QED) is 0.836. The number of furan rings is 1. The molecule has 0 unspecified atom stereocenters. The van der Waals surface area contributed by atoms with Crippen molar-refractivity contribution in [1.82, 2.24) is 0 Å². The van der Waals surface area contributed by atoms with Crippen molar-refractivity contribution < 1.29 is 4.42 Å². The maximum absolute atomic E-state index is 5.82. The molecule has 0 aliphatic rings. The van der Waals surface area contributed by atoms with Gasteiger partial charge in [-0.3, -0.25) is 0 Å². The minimum atomic E-state index is -0.207. The lowest BCUT2D eigenvalue weighted by Gasteiger charge is -2.15. The Morgan fingerprint density at radius 1 is 1.50 bits per heavy atom. The fourth-order valence-electron chi connectivity index (χ4n) is 0.972. The normalized spacial score (nSPS) is 16.0. The van der Waals surface area contributed by atoms with Crippen LogP contribution in [0.5, 0.6) is 0 Å². The lowest BCUT2D eigenvalue weighted by molar-refractivity contribution is 0.406. The average Bonchev–Trinajstić information content (AvgIpc) is 2.49. The molecule has 0 saturated carbocycles. The Bertz CT molecular complexity index is 249. The first-order chi connectivity index (χ1) is 5.65. The maximum atomic E-state index is 5.82. The van der Waals surface area contributed by atoms with Gasteiger partial charge in [0.05, 0.1) is 6.04 Å². The van der Waals surface area contributed by atoms with Gasteiger partial charge >= 0.3 is 0 Å². The number of halogens is 1. The molecule has 0 fully saturated rings. The van der Waals surface area contributed by atoms with Gasteiger partial charge < -0.3 is 15.9 Å². The summed E-state index contributed by atoms with van der Waals surface area (Å²) in [7, 11) is 0. The van der Waals surface area contributed by atoms with Crippen LogP contribution in [0.15, 0.2) is 21.2 Å². The fourth-order valence-corrected chi connectivity index (χ4v) is 1.29. The molecule has 1 rings (SSSR count). The third-order valence-electron chi connectivity index (χ3n) is 1.86. The molecule has 4 N–H and O–H groups in total. The lowest BCUT2D eigenvalue weighted by atomic mass is 10.1. The summed E-state index contributed by atoms with van der Waals surface area (Å²) >= 11 is 3.21. The summed E-state index contributed by atoms with van der Waals surface area (Å²) in [4.78, 5) is 0. The van der Waals surface area contributed by atoms with Crippen LogP contribution in [-0.2, 0) is 0 Å². The highest BCUT2D eigenvalue weighted by Gasteiger charge is 2.16. The van der Waals surface area contributed by atoms with Gasteiger partial charge in [-0.2, -0.15) is 0 Å². The standard InChI is InChI=1S/C8H13BrN2O/c1-2-5(10)8(11)6-3-4-7(9)12-6/h3-5,8H,2,10-11H2,1H3/t5-,8+/m0/s1. The predicted octanol–water partition coefficient (Wildman–Crippen LogP) is 1.78. The van der Waals surface area contributed by atoms with Gasteiger partial charge in [0, 0.05) is 6.04 Å². The van der Waals surface area contributed by atoms with Crippen LogP contribution >= 0.6 is 15.9 Å². The van der Waals surface area contributed by atoms with E-state index in [2.05, 4.69) is 15.9 Å². The Hall–Kier alpha value is -0.320. The largest absolute Gasteiger partial charge is 0.453 e. The summed E-state index contributed by atoms with van der Waals surface area (Å²) in [6, 6.07) is 3.41. The van der Waals surface area contributed by atoms with Gasteiger partial charge in [-0.1, -0.05) is 6.92 Å². The minimum Gasteiger partial charge on any atom is -0.453 e. The monoisotopic (exact) mass is 232 g/mol. The second-order valence-electron chi connectivity index (χ2n) is 2.74. The lowest BCUT2D eigenvalue weighted by Crippen LogP contribution is -2.33. The zero-order valence-electron chi connectivity index (χ0n) is 6.96. The number of rotatable bonds is 3. The number of hydrogen-bond donors (Lipinski definition) is 2. The van der Waals surface area contributed by atoms with Crippen LogP contribution in [-0.4, -0.2) is 6.04 Å². The summed E-state index contributed by atoms with van der Waals surface area (Å²) in [6.07, 6.45) is 0.847. The predicted molar refractivity (Wildman–Crippen MR) is 51.6 cm³/mol. The van der Waals surface area contributed by atoms with Crippen LogP contribution in [0.1, 0.15) is 25.1 Å². The van der Waals surface area contributed by atoms with Gasteiger partial charge in [0.2, 0.25) is 0 Å². The molecule has 1 heterocycles. The third kappa shape index (κ3) is 2.09. The number of hydrogen-bond acceptors (Lipinski definition) is 3. The Morgan fingerprint density at radius 3 is 2.58 bits per heavy atom. The Balaban J connectivity index is 2.70. The van der Waals surface area contributed by atoms with E-state index in [9.17, 15) is 0 Å². The van der Waals surface area contributed by atoms with E-state index in [0.29, 0.717) is 4.67 Å². The molecule has 0 radical (unpaired) electrons. The molecule has 0 spiro atoms. The van der Waals surface area contributed by atoms with Crippen molar-refractivity contribution in [1.29, 1.82) is 0 Å². The molecule has 0 aromatic carbocycles. The van der Waals surface area contributed by atoms with Crippen LogP contribution in [0.25, 0.3) is 0 Å². The van der Waals surface area contributed by atoms with Crippen molar-refractivity contribution in [2.45, 2.75) is 25.4 Å². The van der Waals surface area contributed by atoms with Gasteiger partial charge in [-0.05, 0) is 34.5 Å². The first-order valence-corrected chi connectivity index (χ1v) is 4.70. The molecule has 12 heavy (non-hydrogen) atoms. The fraction of sp³-hybridized carbons (Fsp3) is 0.500. The topological polar surface area (TPSA) is 65.2 Å². The first-order valence-electron chi connectivity index (χ1n) is 3.91. The molecular weight excluding hydrogens is 220 g/mol. The molecule has 0 saturated heterocycles. The van der Waals surface area contributed by atoms with Crippen LogP contribution < -0.4 is 11.5 Å². The third-order valence-corrected chi connectivity index (χ3v) is 2.28. The van der Waals surface area contributed by atoms with Crippen molar-refractivity contribution in [3.8, 4) is 0 Å². The second kappa shape index (κ2) is 4.07. The zero-order chi connectivity index (χ0) is 9.14. The Morgan fingerprint density at radius 2 is 2.17 bits per heavy atom. The average molecular weight is 233 g/mol. The van der Waals surface area contributed by atoms with E-state index in [-0.39, 0.29) is 12.1 Å². The molecule has 0 aliphatic heterocycles. The van der Waals surface area contributed by atoms with Gasteiger partial charge in [0.15, 0.2) is 4.67 Å². The van der Waals surface area contributed by atoms with Crippen molar-refractivity contribution in [2.24, 2.45) is 11.5 Å². The zero-order valence-corrected chi connectivity index (χ0v) is 8.54. The van der Waals surface area contributed by atoms with Crippen molar-refractivity contribution in [2.75, 3.05) is 0 Å². The number of nitrogens with two attached hydrogens (primary N) is 2. The summed E-state index contributed by atoms with van der Waals surface area (Å²) in [6.45, 7) is 2.00. The molecule has 0 aliphatic carbocycles. The van der Waals surface area contributed by atoms with Crippen LogP contribution in [0.4, 0.5) is 0 Å². The van der Waals surface area contributed by atoms with Crippen molar-refractivity contribution in [3.63, 3.8) is 0 Å². The summed E-state index contributed by atoms with van der Waals surface area (Å²) in [5, 5.41) is 0. The van der Waals surface area contributed by atoms with Crippen LogP contribution in [0.3, 0.4) is 0 Å². The Labute approximate surface area is 80.2 Å². The smallest absolute Gasteiger partial charge is 0.169 e. The molecule has 4 heteroatoms. The van der Waals surface area contributed by atoms with Gasteiger partial charge in [-0.15, -0.1) is 0 Å². The van der Waals surface area contributed by atoms with E-state index in [1.54, 1.807) is 0 Å². The van der Waals surface area contributed by atoms with E-state index < -0.39 is 0 Å². The van der Waals surface area contributed by atoms with Crippen molar-refractivity contribution in [3.05, 3.63) is 22.6 Å². The molecule has 0 bridgehead atoms. The van der Waals surface area contributed by atoms with E-state index in [1.165, 1.54) is 0 Å². The van der Waals surface area contributed by atoms with Gasteiger partial charge in [0.1, 0.15) is 5.76 Å². The van der Waals surface area contributed by atoms with E-state index >= 15 is 0 Å². The second-order valence-corrected chi connectivity index (χ2v) is 3.52. The molecular formula is C8H13BrN2O. The molecule has 1 aromatic rings.